The minimum atomic E-state index is -1.06. The van der Waals surface area contributed by atoms with E-state index < -0.39 is 12.0 Å². The van der Waals surface area contributed by atoms with Crippen LogP contribution in [0.4, 0.5) is 4.79 Å². The molecule has 0 aromatic heterocycles. The molecule has 0 aliphatic heterocycles. The molecule has 0 aliphatic carbocycles. The molecule has 0 spiro atoms. The highest BCUT2D eigenvalue weighted by Crippen LogP contribution is 1.99. The molecule has 0 aliphatic rings. The first kappa shape index (κ1) is 16.3. The van der Waals surface area contributed by atoms with Crippen molar-refractivity contribution in [1.29, 1.82) is 0 Å². The van der Waals surface area contributed by atoms with Crippen LogP contribution in [0.1, 0.15) is 19.8 Å². The average Bonchev–Trinajstić information content (AvgIpc) is 2.33. The molecular weight excluding hydrogens is 236 g/mol. The van der Waals surface area contributed by atoms with E-state index in [0.717, 1.165) is 0 Å². The van der Waals surface area contributed by atoms with Crippen molar-refractivity contribution in [3.05, 3.63) is 0 Å². The summed E-state index contributed by atoms with van der Waals surface area (Å²) in [4.78, 5) is 23.7. The van der Waals surface area contributed by atoms with E-state index in [0.29, 0.717) is 12.8 Å². The Kier molecular flexibility index (Phi) is 8.41. The molecule has 102 valence electrons. The van der Waals surface area contributed by atoms with Gasteiger partial charge in [-0.25, -0.2) is 4.79 Å². The highest BCUT2D eigenvalue weighted by atomic mass is 16.5. The summed E-state index contributed by atoms with van der Waals surface area (Å²) in [7, 11) is 1.49. The molecule has 0 aromatic carbocycles. The minimum Gasteiger partial charge on any atom is -0.480 e. The van der Waals surface area contributed by atoms with Gasteiger partial charge in [0.1, 0.15) is 6.54 Å². The molecule has 1 atom stereocenters. The van der Waals surface area contributed by atoms with E-state index >= 15 is 0 Å². The van der Waals surface area contributed by atoms with Crippen molar-refractivity contribution in [2.45, 2.75) is 25.8 Å². The Hall–Kier alpha value is -1.74. The number of ether oxygens (including phenoxy) is 1. The Bertz CT molecular complexity index is 312. The molecule has 0 bridgehead atoms. The number of hydrogen-bond donors (Lipinski definition) is 2. The quantitative estimate of drug-likeness (QED) is 0.621. The number of nitrogens with zero attached hydrogens (tertiary/aromatic N) is 1. The summed E-state index contributed by atoms with van der Waals surface area (Å²) in [5, 5.41) is 11.4. The van der Waals surface area contributed by atoms with Gasteiger partial charge in [-0.3, -0.25) is 4.79 Å². The van der Waals surface area contributed by atoms with Gasteiger partial charge in [-0.15, -0.1) is 12.3 Å². The summed E-state index contributed by atoms with van der Waals surface area (Å²) < 4.78 is 4.84. The maximum atomic E-state index is 11.9. The predicted molar refractivity (Wildman–Crippen MR) is 67.1 cm³/mol. The molecule has 1 unspecified atom stereocenters. The number of amides is 2. The molecule has 0 saturated heterocycles. The summed E-state index contributed by atoms with van der Waals surface area (Å²) >= 11 is 0. The second-order valence-corrected chi connectivity index (χ2v) is 3.77. The molecule has 18 heavy (non-hydrogen) atoms. The number of carbonyl (C=O) groups excluding carboxylic acids is 1. The molecule has 6 nitrogen and oxygen atoms in total. The van der Waals surface area contributed by atoms with Crippen LogP contribution in [0, 0.1) is 12.3 Å². The lowest BCUT2D eigenvalue weighted by molar-refractivity contribution is -0.137. The number of hydrogen-bond acceptors (Lipinski definition) is 3. The van der Waals surface area contributed by atoms with E-state index in [1.165, 1.54) is 12.0 Å². The summed E-state index contributed by atoms with van der Waals surface area (Å²) in [6.45, 7) is 2.05. The third kappa shape index (κ3) is 6.76. The number of methoxy groups -OCH3 is 1. The van der Waals surface area contributed by atoms with Gasteiger partial charge < -0.3 is 20.1 Å². The molecule has 0 radical (unpaired) electrons. The molecule has 0 saturated carbocycles. The number of rotatable bonds is 8. The van der Waals surface area contributed by atoms with Gasteiger partial charge in [0.25, 0.3) is 0 Å². The van der Waals surface area contributed by atoms with E-state index in [9.17, 15) is 9.59 Å². The smallest absolute Gasteiger partial charge is 0.323 e. The van der Waals surface area contributed by atoms with Crippen molar-refractivity contribution < 1.29 is 19.4 Å². The Morgan fingerprint density at radius 3 is 2.67 bits per heavy atom. The second-order valence-electron chi connectivity index (χ2n) is 3.77. The monoisotopic (exact) mass is 256 g/mol. The highest BCUT2D eigenvalue weighted by molar-refractivity contribution is 5.80. The van der Waals surface area contributed by atoms with Crippen molar-refractivity contribution in [3.8, 4) is 12.3 Å². The van der Waals surface area contributed by atoms with Gasteiger partial charge in [-0.1, -0.05) is 6.92 Å². The van der Waals surface area contributed by atoms with Crippen molar-refractivity contribution >= 4 is 12.0 Å². The molecule has 2 amide bonds. The van der Waals surface area contributed by atoms with E-state index in [-0.39, 0.29) is 25.7 Å². The van der Waals surface area contributed by atoms with Crippen LogP contribution in [0.15, 0.2) is 0 Å². The Balaban J connectivity index is 4.43. The van der Waals surface area contributed by atoms with Crippen molar-refractivity contribution in [1.82, 2.24) is 10.2 Å². The Morgan fingerprint density at radius 2 is 2.22 bits per heavy atom. The van der Waals surface area contributed by atoms with Gasteiger partial charge in [0, 0.05) is 26.1 Å². The molecule has 0 fully saturated rings. The average molecular weight is 256 g/mol. The van der Waals surface area contributed by atoms with Crippen LogP contribution in [0.5, 0.6) is 0 Å². The molecule has 2 N–H and O–H groups in total. The van der Waals surface area contributed by atoms with Gasteiger partial charge in [-0.2, -0.15) is 0 Å². The zero-order chi connectivity index (χ0) is 14.0. The predicted octanol–water partition coefficient (Wildman–Crippen LogP) is 0.531. The van der Waals surface area contributed by atoms with Crippen LogP contribution >= 0.6 is 0 Å². The van der Waals surface area contributed by atoms with E-state index in [1.54, 1.807) is 0 Å². The summed E-state index contributed by atoms with van der Waals surface area (Å²) in [5.41, 5.74) is 0. The minimum absolute atomic E-state index is 0.138. The summed E-state index contributed by atoms with van der Waals surface area (Å²) in [6.07, 6.45) is 6.31. The van der Waals surface area contributed by atoms with Crippen LogP contribution in [-0.4, -0.2) is 54.9 Å². The lowest BCUT2D eigenvalue weighted by Gasteiger charge is -2.23. The number of carboxylic acid groups (broad SMARTS) is 1. The lowest BCUT2D eigenvalue weighted by Crippen LogP contribution is -2.47. The van der Waals surface area contributed by atoms with Crippen LogP contribution in [-0.2, 0) is 9.53 Å². The van der Waals surface area contributed by atoms with Gasteiger partial charge in [0.05, 0.1) is 6.61 Å². The fourth-order valence-corrected chi connectivity index (χ4v) is 1.32. The highest BCUT2D eigenvalue weighted by Gasteiger charge is 2.18. The number of nitrogens with one attached hydrogen (secondary N) is 1. The number of terminal acetylenes is 1. The van der Waals surface area contributed by atoms with Gasteiger partial charge in [0.2, 0.25) is 0 Å². The number of carboxylic acids is 1. The van der Waals surface area contributed by atoms with E-state index in [1.807, 2.05) is 6.92 Å². The largest absolute Gasteiger partial charge is 0.480 e. The molecule has 6 heteroatoms. The zero-order valence-electron chi connectivity index (χ0n) is 10.8. The van der Waals surface area contributed by atoms with Crippen LogP contribution in [0.3, 0.4) is 0 Å². The van der Waals surface area contributed by atoms with Gasteiger partial charge in [0.15, 0.2) is 0 Å². The second kappa shape index (κ2) is 9.31. The molecular formula is C12H20N2O4. The van der Waals surface area contributed by atoms with Crippen LogP contribution < -0.4 is 5.32 Å². The third-order valence-electron chi connectivity index (χ3n) is 2.36. The van der Waals surface area contributed by atoms with Crippen molar-refractivity contribution in [3.63, 3.8) is 0 Å². The van der Waals surface area contributed by atoms with E-state index in [4.69, 9.17) is 16.3 Å². The Morgan fingerprint density at radius 1 is 1.56 bits per heavy atom. The standard InChI is InChI=1S/C12H20N2O4/c1-4-6-10(5-2)13-12(17)14(7-8-18-3)9-11(15)16/h1,10H,5-9H2,2-3H3,(H,13,17)(H,15,16). The number of aliphatic carboxylic acids is 1. The maximum absolute atomic E-state index is 11.9. The number of urea groups is 1. The van der Waals surface area contributed by atoms with Crippen molar-refractivity contribution in [2.75, 3.05) is 26.8 Å². The van der Waals surface area contributed by atoms with Gasteiger partial charge in [-0.05, 0) is 6.42 Å². The first-order valence-electron chi connectivity index (χ1n) is 5.74. The summed E-state index contributed by atoms with van der Waals surface area (Å²) in [6, 6.07) is -0.571. The first-order chi connectivity index (χ1) is 8.54. The fourth-order valence-electron chi connectivity index (χ4n) is 1.32. The van der Waals surface area contributed by atoms with Crippen molar-refractivity contribution in [2.24, 2.45) is 0 Å². The third-order valence-corrected chi connectivity index (χ3v) is 2.36. The summed E-state index contributed by atoms with van der Waals surface area (Å²) in [5.74, 6) is 1.41. The fraction of sp³-hybridized carbons (Fsp3) is 0.667. The molecule has 0 aromatic rings. The lowest BCUT2D eigenvalue weighted by atomic mass is 10.1. The Labute approximate surface area is 107 Å². The molecule has 0 rings (SSSR count). The number of carbonyl (C=O) groups is 2. The SMILES string of the molecule is C#CCC(CC)NC(=O)N(CCOC)CC(=O)O. The van der Waals surface area contributed by atoms with Crippen LogP contribution in [0.2, 0.25) is 0 Å². The maximum Gasteiger partial charge on any atom is 0.323 e. The van der Waals surface area contributed by atoms with E-state index in [2.05, 4.69) is 11.2 Å². The normalized spacial score (nSPS) is 11.4. The van der Waals surface area contributed by atoms with Crippen LogP contribution in [0.25, 0.3) is 0 Å². The van der Waals surface area contributed by atoms with Gasteiger partial charge >= 0.3 is 12.0 Å². The zero-order valence-corrected chi connectivity index (χ0v) is 10.8. The topological polar surface area (TPSA) is 78.9 Å². The molecule has 0 heterocycles. The first-order valence-corrected chi connectivity index (χ1v) is 5.74.